The molecule has 0 aromatic heterocycles. The van der Waals surface area contributed by atoms with Gasteiger partial charge in [-0.2, -0.15) is 0 Å². The summed E-state index contributed by atoms with van der Waals surface area (Å²) in [6.45, 7) is 0. The van der Waals surface area contributed by atoms with E-state index in [9.17, 15) is 20.0 Å². The first-order valence-electron chi connectivity index (χ1n) is 6.28. The number of phenols is 1. The maximum atomic E-state index is 11.8. The molecule has 4 N–H and O–H groups in total. The van der Waals surface area contributed by atoms with Gasteiger partial charge in [-0.3, -0.25) is 14.9 Å². The zero-order chi connectivity index (χ0) is 16.1. The number of phenolic OH excluding ortho intramolecular Hbond substituents is 1. The van der Waals surface area contributed by atoms with Gasteiger partial charge in [-0.1, -0.05) is 12.1 Å². The molecule has 7 nitrogen and oxygen atoms in total. The highest BCUT2D eigenvalue weighted by molar-refractivity contribution is 6.02. The molecule has 2 aromatic rings. The molecule has 2 rings (SSSR count). The van der Waals surface area contributed by atoms with Crippen molar-refractivity contribution in [2.24, 2.45) is 0 Å². The summed E-state index contributed by atoms with van der Waals surface area (Å²) < 4.78 is 0. The Hall–Kier alpha value is -3.35. The number of benzene rings is 2. The van der Waals surface area contributed by atoms with Gasteiger partial charge in [0.2, 0.25) is 5.91 Å². The molecule has 0 atom stereocenters. The van der Waals surface area contributed by atoms with E-state index in [1.54, 1.807) is 30.3 Å². The van der Waals surface area contributed by atoms with Gasteiger partial charge >= 0.3 is 0 Å². The molecule has 2 aromatic carbocycles. The predicted octanol–water partition coefficient (Wildman–Crippen LogP) is 2.53. The number of nitro groups is 1. The number of nitrogen functional groups attached to an aromatic ring is 1. The van der Waals surface area contributed by atoms with E-state index < -0.39 is 10.8 Å². The van der Waals surface area contributed by atoms with Crippen molar-refractivity contribution in [3.63, 3.8) is 0 Å². The number of anilines is 2. The average molecular weight is 299 g/mol. The van der Waals surface area contributed by atoms with Gasteiger partial charge in [-0.25, -0.2) is 0 Å². The third-order valence-electron chi connectivity index (χ3n) is 2.81. The molecule has 7 heteroatoms. The number of aromatic hydroxyl groups is 1. The number of rotatable bonds is 4. The maximum Gasteiger partial charge on any atom is 0.271 e. The van der Waals surface area contributed by atoms with Gasteiger partial charge in [0.15, 0.2) is 0 Å². The van der Waals surface area contributed by atoms with Crippen LogP contribution < -0.4 is 11.1 Å². The molecule has 0 aliphatic rings. The lowest BCUT2D eigenvalue weighted by atomic mass is 10.2. The van der Waals surface area contributed by atoms with Gasteiger partial charge in [0.1, 0.15) is 5.75 Å². The molecule has 0 aliphatic carbocycles. The van der Waals surface area contributed by atoms with E-state index in [0.29, 0.717) is 5.69 Å². The Balaban J connectivity index is 2.10. The molecule has 0 radical (unpaired) electrons. The van der Waals surface area contributed by atoms with Crippen molar-refractivity contribution in [2.75, 3.05) is 11.1 Å². The molecule has 0 aliphatic heterocycles. The lowest BCUT2D eigenvalue weighted by Gasteiger charge is -2.04. The van der Waals surface area contributed by atoms with Crippen LogP contribution in [-0.2, 0) is 4.79 Å². The first-order chi connectivity index (χ1) is 10.5. The number of carbonyl (C=O) groups excluding carboxylic acids is 1. The van der Waals surface area contributed by atoms with Crippen molar-refractivity contribution in [1.29, 1.82) is 0 Å². The van der Waals surface area contributed by atoms with Crippen molar-refractivity contribution < 1.29 is 14.8 Å². The summed E-state index contributed by atoms with van der Waals surface area (Å²) in [5.41, 5.74) is 6.69. The van der Waals surface area contributed by atoms with Crippen LogP contribution in [0.2, 0.25) is 0 Å². The zero-order valence-electron chi connectivity index (χ0n) is 11.4. The van der Waals surface area contributed by atoms with E-state index in [1.807, 2.05) is 0 Å². The van der Waals surface area contributed by atoms with Gasteiger partial charge in [-0.05, 0) is 29.8 Å². The summed E-state index contributed by atoms with van der Waals surface area (Å²) in [4.78, 5) is 21.8. The lowest BCUT2D eigenvalue weighted by Crippen LogP contribution is -2.08. The largest absolute Gasteiger partial charge is 0.506 e. The van der Waals surface area contributed by atoms with Crippen molar-refractivity contribution >= 4 is 29.0 Å². The minimum atomic E-state index is -0.612. The van der Waals surface area contributed by atoms with Crippen LogP contribution in [0, 0.1) is 10.1 Å². The van der Waals surface area contributed by atoms with Crippen molar-refractivity contribution in [2.45, 2.75) is 0 Å². The van der Waals surface area contributed by atoms with Gasteiger partial charge in [0, 0.05) is 23.9 Å². The number of nitrogens with one attached hydrogen (secondary N) is 1. The number of carbonyl (C=O) groups is 1. The molecule has 0 saturated heterocycles. The van der Waals surface area contributed by atoms with Crippen molar-refractivity contribution in [3.8, 4) is 5.75 Å². The maximum absolute atomic E-state index is 11.8. The Kier molecular flexibility index (Phi) is 4.38. The first kappa shape index (κ1) is 15.0. The third-order valence-corrected chi connectivity index (χ3v) is 2.81. The summed E-state index contributed by atoms with van der Waals surface area (Å²) >= 11 is 0. The minimum absolute atomic E-state index is 0.0267. The molecule has 22 heavy (non-hydrogen) atoms. The SMILES string of the molecule is Nc1ccc(/C=C/C(=O)Nc2cc([N+](=O)[O-])ccc2O)cc1. The summed E-state index contributed by atoms with van der Waals surface area (Å²) in [6, 6.07) is 10.3. The zero-order valence-corrected chi connectivity index (χ0v) is 11.4. The van der Waals surface area contributed by atoms with Gasteiger partial charge in [0.05, 0.1) is 10.6 Å². The van der Waals surface area contributed by atoms with E-state index in [4.69, 9.17) is 5.73 Å². The average Bonchev–Trinajstić information content (AvgIpc) is 2.48. The van der Waals surface area contributed by atoms with Crippen LogP contribution in [0.3, 0.4) is 0 Å². The summed E-state index contributed by atoms with van der Waals surface area (Å²) in [5.74, 6) is -0.771. The van der Waals surface area contributed by atoms with Crippen LogP contribution in [-0.4, -0.2) is 15.9 Å². The third kappa shape index (κ3) is 3.83. The second kappa shape index (κ2) is 6.40. The number of hydrogen-bond acceptors (Lipinski definition) is 5. The van der Waals surface area contributed by atoms with Crippen LogP contribution in [0.15, 0.2) is 48.5 Å². The fraction of sp³-hybridized carbons (Fsp3) is 0. The number of hydrogen-bond donors (Lipinski definition) is 3. The Morgan fingerprint density at radius 3 is 2.55 bits per heavy atom. The molecule has 112 valence electrons. The van der Waals surface area contributed by atoms with E-state index >= 15 is 0 Å². The van der Waals surface area contributed by atoms with Crippen LogP contribution in [0.4, 0.5) is 17.1 Å². The first-order valence-corrected chi connectivity index (χ1v) is 6.28. The van der Waals surface area contributed by atoms with Gasteiger partial charge in [0.25, 0.3) is 5.69 Å². The highest BCUT2D eigenvalue weighted by Crippen LogP contribution is 2.27. The highest BCUT2D eigenvalue weighted by atomic mass is 16.6. The molecule has 0 fully saturated rings. The van der Waals surface area contributed by atoms with Crippen molar-refractivity contribution in [1.82, 2.24) is 0 Å². The van der Waals surface area contributed by atoms with Gasteiger partial charge in [-0.15, -0.1) is 0 Å². The van der Waals surface area contributed by atoms with E-state index in [0.717, 1.165) is 23.8 Å². The molecular weight excluding hydrogens is 286 g/mol. The Labute approximate surface area is 125 Å². The summed E-state index contributed by atoms with van der Waals surface area (Å²) in [5, 5.41) is 22.7. The molecule has 0 unspecified atom stereocenters. The molecule has 0 spiro atoms. The number of nitrogens with two attached hydrogens (primary N) is 1. The predicted molar refractivity (Wildman–Crippen MR) is 83.3 cm³/mol. The van der Waals surface area contributed by atoms with E-state index in [-0.39, 0.29) is 17.1 Å². The van der Waals surface area contributed by atoms with Gasteiger partial charge < -0.3 is 16.2 Å². The van der Waals surface area contributed by atoms with E-state index in [1.165, 1.54) is 6.08 Å². The van der Waals surface area contributed by atoms with Crippen LogP contribution in [0.5, 0.6) is 5.75 Å². The monoisotopic (exact) mass is 299 g/mol. The highest BCUT2D eigenvalue weighted by Gasteiger charge is 2.11. The number of non-ortho nitro benzene ring substituents is 1. The Bertz CT molecular complexity index is 739. The van der Waals surface area contributed by atoms with Crippen LogP contribution in [0.25, 0.3) is 6.08 Å². The molecule has 1 amide bonds. The standard InChI is InChI=1S/C15H13N3O4/c16-11-4-1-10(2-5-11)3-8-15(20)17-13-9-12(18(21)22)6-7-14(13)19/h1-9,19H,16H2,(H,17,20)/b8-3+. The smallest absolute Gasteiger partial charge is 0.271 e. The topological polar surface area (TPSA) is 118 Å². The second-order valence-corrected chi connectivity index (χ2v) is 4.45. The Morgan fingerprint density at radius 1 is 1.23 bits per heavy atom. The second-order valence-electron chi connectivity index (χ2n) is 4.45. The van der Waals surface area contributed by atoms with Crippen molar-refractivity contribution in [3.05, 3.63) is 64.2 Å². The lowest BCUT2D eigenvalue weighted by molar-refractivity contribution is -0.384. The van der Waals surface area contributed by atoms with Crippen LogP contribution in [0.1, 0.15) is 5.56 Å². The molecular formula is C15H13N3O4. The van der Waals surface area contributed by atoms with Crippen LogP contribution >= 0.6 is 0 Å². The fourth-order valence-electron chi connectivity index (χ4n) is 1.69. The normalized spacial score (nSPS) is 10.5. The summed E-state index contributed by atoms with van der Waals surface area (Å²) in [6.07, 6.45) is 2.81. The number of nitrogens with zero attached hydrogens (tertiary/aromatic N) is 1. The number of nitro benzene ring substituents is 1. The molecule has 0 bridgehead atoms. The Morgan fingerprint density at radius 2 is 1.91 bits per heavy atom. The quantitative estimate of drug-likeness (QED) is 0.263. The van der Waals surface area contributed by atoms with E-state index in [2.05, 4.69) is 5.32 Å². The number of amides is 1. The molecule has 0 saturated carbocycles. The fourth-order valence-corrected chi connectivity index (χ4v) is 1.69. The summed E-state index contributed by atoms with van der Waals surface area (Å²) in [7, 11) is 0. The molecule has 0 heterocycles. The minimum Gasteiger partial charge on any atom is -0.506 e.